The number of carbonyl (C=O) groups excluding carboxylic acids is 1. The number of nitrogens with one attached hydrogen (secondary N) is 3. The van der Waals surface area contributed by atoms with E-state index in [1.54, 1.807) is 12.3 Å². The molecule has 1 aromatic carbocycles. The van der Waals surface area contributed by atoms with Gasteiger partial charge in [-0.1, -0.05) is 37.3 Å². The maximum Gasteiger partial charge on any atom is 0.320 e. The van der Waals surface area contributed by atoms with Crippen molar-refractivity contribution in [1.29, 1.82) is 0 Å². The molecule has 0 aliphatic heterocycles. The van der Waals surface area contributed by atoms with Crippen molar-refractivity contribution in [3.8, 4) is 5.88 Å². The molecule has 0 spiro atoms. The standard InChI is InChI=1S/C19H23N5O3/c1-12(10-25)11-27-18-15-9-20-17(8-16(15)23-24-18)22-19(26)21-13(2)14-6-4-3-5-7-14/h3-9,12-13,25H,10-11H2,1-2H3,(H,23,24)(H2,20,21,22,26)/t12-,13+/m0/s1. The number of aromatic amines is 1. The van der Waals surface area contributed by atoms with Crippen LogP contribution in [0.15, 0.2) is 42.6 Å². The Morgan fingerprint density at radius 1 is 1.30 bits per heavy atom. The molecular formula is C19H23N5O3. The second-order valence-electron chi connectivity index (χ2n) is 6.47. The lowest BCUT2D eigenvalue weighted by Gasteiger charge is -2.14. The zero-order chi connectivity index (χ0) is 19.2. The minimum atomic E-state index is -0.342. The molecule has 142 valence electrons. The number of ether oxygens (including phenoxy) is 1. The number of amides is 2. The van der Waals surface area contributed by atoms with Gasteiger partial charge in [-0.05, 0) is 12.5 Å². The van der Waals surface area contributed by atoms with Gasteiger partial charge in [-0.15, -0.1) is 5.10 Å². The number of fused-ring (bicyclic) bond motifs is 1. The minimum Gasteiger partial charge on any atom is -0.476 e. The SMILES string of the molecule is C[C@@H](CO)COc1n[nH]c2cc(NC(=O)N[C@H](C)c3ccccc3)ncc12. The van der Waals surface area contributed by atoms with Crippen LogP contribution in [0.1, 0.15) is 25.5 Å². The third-order valence-electron chi connectivity index (χ3n) is 4.12. The summed E-state index contributed by atoms with van der Waals surface area (Å²) in [5, 5.41) is 22.3. The van der Waals surface area contributed by atoms with Crippen LogP contribution in [-0.4, -0.2) is 39.5 Å². The van der Waals surface area contributed by atoms with Gasteiger partial charge < -0.3 is 15.2 Å². The Kier molecular flexibility index (Phi) is 5.87. The summed E-state index contributed by atoms with van der Waals surface area (Å²) in [5.74, 6) is 0.839. The van der Waals surface area contributed by atoms with Crippen molar-refractivity contribution < 1.29 is 14.6 Å². The highest BCUT2D eigenvalue weighted by atomic mass is 16.5. The van der Waals surface area contributed by atoms with Crippen LogP contribution in [0.5, 0.6) is 5.88 Å². The van der Waals surface area contributed by atoms with Crippen molar-refractivity contribution in [3.05, 3.63) is 48.2 Å². The molecule has 3 aromatic rings. The van der Waals surface area contributed by atoms with Gasteiger partial charge in [0.25, 0.3) is 0 Å². The van der Waals surface area contributed by atoms with E-state index in [1.165, 1.54) is 0 Å². The number of hydrogen-bond donors (Lipinski definition) is 4. The van der Waals surface area contributed by atoms with E-state index in [4.69, 9.17) is 9.84 Å². The number of pyridine rings is 1. The number of urea groups is 1. The molecule has 0 unspecified atom stereocenters. The summed E-state index contributed by atoms with van der Waals surface area (Å²) in [6.07, 6.45) is 1.59. The summed E-state index contributed by atoms with van der Waals surface area (Å²) in [6.45, 7) is 4.20. The first-order valence-electron chi connectivity index (χ1n) is 8.77. The lowest BCUT2D eigenvalue weighted by Crippen LogP contribution is -2.31. The highest BCUT2D eigenvalue weighted by molar-refractivity contribution is 5.92. The van der Waals surface area contributed by atoms with Crippen molar-refractivity contribution in [2.24, 2.45) is 5.92 Å². The van der Waals surface area contributed by atoms with Crippen LogP contribution in [0.3, 0.4) is 0 Å². The molecule has 0 aliphatic rings. The Hall–Kier alpha value is -3.13. The van der Waals surface area contributed by atoms with Gasteiger partial charge in [0.1, 0.15) is 5.82 Å². The number of rotatable bonds is 7. The fourth-order valence-electron chi connectivity index (χ4n) is 2.52. The lowest BCUT2D eigenvalue weighted by atomic mass is 10.1. The molecule has 27 heavy (non-hydrogen) atoms. The van der Waals surface area contributed by atoms with Crippen molar-refractivity contribution in [3.63, 3.8) is 0 Å². The zero-order valence-corrected chi connectivity index (χ0v) is 15.3. The van der Waals surface area contributed by atoms with Gasteiger partial charge in [-0.2, -0.15) is 0 Å². The van der Waals surface area contributed by atoms with Crippen molar-refractivity contribution in [2.45, 2.75) is 19.9 Å². The molecule has 2 heterocycles. The topological polar surface area (TPSA) is 112 Å². The van der Waals surface area contributed by atoms with Crippen LogP contribution < -0.4 is 15.4 Å². The van der Waals surface area contributed by atoms with Gasteiger partial charge in [0.2, 0.25) is 5.88 Å². The molecular weight excluding hydrogens is 346 g/mol. The van der Waals surface area contributed by atoms with Gasteiger partial charge in [0.05, 0.1) is 23.6 Å². The summed E-state index contributed by atoms with van der Waals surface area (Å²) < 4.78 is 5.59. The number of benzene rings is 1. The molecule has 8 nitrogen and oxygen atoms in total. The van der Waals surface area contributed by atoms with E-state index >= 15 is 0 Å². The zero-order valence-electron chi connectivity index (χ0n) is 15.3. The van der Waals surface area contributed by atoms with Crippen LogP contribution in [0.4, 0.5) is 10.6 Å². The van der Waals surface area contributed by atoms with E-state index in [1.807, 2.05) is 44.2 Å². The number of aromatic nitrogens is 3. The van der Waals surface area contributed by atoms with E-state index in [-0.39, 0.29) is 24.6 Å². The first-order valence-corrected chi connectivity index (χ1v) is 8.77. The maximum atomic E-state index is 12.2. The smallest absolute Gasteiger partial charge is 0.320 e. The monoisotopic (exact) mass is 369 g/mol. The van der Waals surface area contributed by atoms with Gasteiger partial charge in [0.15, 0.2) is 0 Å². The predicted octanol–water partition coefficient (Wildman–Crippen LogP) is 2.85. The number of nitrogens with zero attached hydrogens (tertiary/aromatic N) is 2. The molecule has 0 aliphatic carbocycles. The van der Waals surface area contributed by atoms with E-state index in [0.29, 0.717) is 29.2 Å². The molecule has 0 bridgehead atoms. The van der Waals surface area contributed by atoms with Crippen LogP contribution in [-0.2, 0) is 0 Å². The van der Waals surface area contributed by atoms with E-state index in [0.717, 1.165) is 5.56 Å². The summed E-state index contributed by atoms with van der Waals surface area (Å²) in [6, 6.07) is 10.9. The minimum absolute atomic E-state index is 0.0148. The fourth-order valence-corrected chi connectivity index (χ4v) is 2.52. The molecule has 0 saturated heterocycles. The fraction of sp³-hybridized carbons (Fsp3) is 0.316. The van der Waals surface area contributed by atoms with Crippen molar-refractivity contribution >= 4 is 22.8 Å². The average molecular weight is 369 g/mol. The molecule has 8 heteroatoms. The van der Waals surface area contributed by atoms with Crippen molar-refractivity contribution in [2.75, 3.05) is 18.5 Å². The molecule has 0 saturated carbocycles. The summed E-state index contributed by atoms with van der Waals surface area (Å²) >= 11 is 0. The highest BCUT2D eigenvalue weighted by Gasteiger charge is 2.13. The highest BCUT2D eigenvalue weighted by Crippen LogP contribution is 2.24. The van der Waals surface area contributed by atoms with Crippen LogP contribution in [0.2, 0.25) is 0 Å². The maximum absolute atomic E-state index is 12.2. The molecule has 0 radical (unpaired) electrons. The number of H-pyrrole nitrogens is 1. The second-order valence-corrected chi connectivity index (χ2v) is 6.47. The van der Waals surface area contributed by atoms with Crippen LogP contribution >= 0.6 is 0 Å². The second kappa shape index (κ2) is 8.50. The first-order chi connectivity index (χ1) is 13.1. The largest absolute Gasteiger partial charge is 0.476 e. The summed E-state index contributed by atoms with van der Waals surface area (Å²) in [4.78, 5) is 16.5. The number of anilines is 1. The molecule has 2 amide bonds. The van der Waals surface area contributed by atoms with Crippen molar-refractivity contribution in [1.82, 2.24) is 20.5 Å². The van der Waals surface area contributed by atoms with Gasteiger partial charge in [0, 0.05) is 24.8 Å². The Balaban J connectivity index is 1.63. The van der Waals surface area contributed by atoms with Gasteiger partial charge in [-0.25, -0.2) is 9.78 Å². The third kappa shape index (κ3) is 4.73. The van der Waals surface area contributed by atoms with Gasteiger partial charge in [-0.3, -0.25) is 10.4 Å². The Bertz CT molecular complexity index is 897. The lowest BCUT2D eigenvalue weighted by molar-refractivity contribution is 0.172. The molecule has 2 aromatic heterocycles. The molecule has 4 N–H and O–H groups in total. The van der Waals surface area contributed by atoms with E-state index in [2.05, 4.69) is 25.8 Å². The Morgan fingerprint density at radius 3 is 2.81 bits per heavy atom. The summed E-state index contributed by atoms with van der Waals surface area (Å²) in [7, 11) is 0. The normalized spacial score (nSPS) is 13.1. The number of hydrogen-bond acceptors (Lipinski definition) is 5. The average Bonchev–Trinajstić information content (AvgIpc) is 3.08. The van der Waals surface area contributed by atoms with E-state index in [9.17, 15) is 4.79 Å². The Morgan fingerprint density at radius 2 is 2.07 bits per heavy atom. The third-order valence-corrected chi connectivity index (χ3v) is 4.12. The molecule has 0 fully saturated rings. The quantitative estimate of drug-likeness (QED) is 0.512. The molecule has 2 atom stereocenters. The van der Waals surface area contributed by atoms with E-state index < -0.39 is 0 Å². The van der Waals surface area contributed by atoms with Crippen LogP contribution in [0.25, 0.3) is 10.9 Å². The van der Waals surface area contributed by atoms with Gasteiger partial charge >= 0.3 is 6.03 Å². The number of carbonyl (C=O) groups is 1. The van der Waals surface area contributed by atoms with Crippen LogP contribution in [0, 0.1) is 5.92 Å². The number of aliphatic hydroxyl groups excluding tert-OH is 1. The number of aliphatic hydroxyl groups is 1. The molecule has 3 rings (SSSR count). The summed E-state index contributed by atoms with van der Waals surface area (Å²) in [5.41, 5.74) is 1.71. The first kappa shape index (κ1) is 18.7. The predicted molar refractivity (Wildman–Crippen MR) is 103 cm³/mol. The Labute approximate surface area is 157 Å².